The number of imidazole rings is 1. The van der Waals surface area contributed by atoms with Crippen LogP contribution in [0.4, 0.5) is 0 Å². The van der Waals surface area contributed by atoms with E-state index in [0.29, 0.717) is 23.8 Å². The van der Waals surface area contributed by atoms with Gasteiger partial charge in [-0.3, -0.25) is 14.3 Å². The van der Waals surface area contributed by atoms with E-state index < -0.39 is 0 Å². The van der Waals surface area contributed by atoms with Gasteiger partial charge in [0.15, 0.2) is 12.6 Å². The fourth-order valence-corrected chi connectivity index (χ4v) is 6.58. The molecule has 0 N–H and O–H groups in total. The Morgan fingerprint density at radius 3 is 2.51 bits per heavy atom. The summed E-state index contributed by atoms with van der Waals surface area (Å²) >= 11 is 0. The van der Waals surface area contributed by atoms with E-state index in [1.165, 1.54) is 11.6 Å². The number of hydrogen-bond acceptors (Lipinski definition) is 6. The van der Waals surface area contributed by atoms with Crippen molar-refractivity contribution in [3.63, 3.8) is 0 Å². The van der Waals surface area contributed by atoms with Gasteiger partial charge in [0.2, 0.25) is 11.8 Å². The molecule has 4 aromatic rings. The highest BCUT2D eigenvalue weighted by Crippen LogP contribution is 2.45. The van der Waals surface area contributed by atoms with Gasteiger partial charge in [0, 0.05) is 50.0 Å². The summed E-state index contributed by atoms with van der Waals surface area (Å²) in [7, 11) is 1.65. The van der Waals surface area contributed by atoms with E-state index in [0.717, 1.165) is 79.5 Å². The number of pyridine rings is 1. The molecule has 2 fully saturated rings. The zero-order valence-corrected chi connectivity index (χ0v) is 23.3. The van der Waals surface area contributed by atoms with Crippen molar-refractivity contribution in [1.29, 1.82) is 0 Å². The van der Waals surface area contributed by atoms with Gasteiger partial charge < -0.3 is 14.4 Å². The Labute approximate surface area is 239 Å². The number of carbonyl (C=O) groups excluding carboxylic acids is 1. The van der Waals surface area contributed by atoms with Crippen molar-refractivity contribution < 1.29 is 14.3 Å². The van der Waals surface area contributed by atoms with Crippen molar-refractivity contribution in [3.8, 4) is 45.5 Å². The van der Waals surface area contributed by atoms with Crippen LogP contribution in [-0.2, 0) is 18.1 Å². The molecule has 2 aromatic carbocycles. The highest BCUT2D eigenvalue weighted by Gasteiger charge is 2.45. The minimum atomic E-state index is 0.0534. The Hall–Kier alpha value is -4.43. The van der Waals surface area contributed by atoms with Crippen LogP contribution in [0.3, 0.4) is 0 Å². The molecule has 0 unspecified atom stereocenters. The maximum absolute atomic E-state index is 11.9. The molecule has 0 radical (unpaired) electrons. The summed E-state index contributed by atoms with van der Waals surface area (Å²) in [6.45, 7) is 8.73. The lowest BCUT2D eigenvalue weighted by Crippen LogP contribution is -2.60. The van der Waals surface area contributed by atoms with Crippen LogP contribution in [0.25, 0.3) is 33.9 Å². The molecule has 0 saturated carbocycles. The third-order valence-corrected chi connectivity index (χ3v) is 8.73. The first-order chi connectivity index (χ1) is 20.1. The zero-order valence-electron chi connectivity index (χ0n) is 23.3. The van der Waals surface area contributed by atoms with Crippen LogP contribution in [0, 0.1) is 5.41 Å². The molecule has 41 heavy (non-hydrogen) atoms. The van der Waals surface area contributed by atoms with Gasteiger partial charge in [0.25, 0.3) is 0 Å². The van der Waals surface area contributed by atoms with E-state index >= 15 is 0 Å². The molecule has 0 aliphatic carbocycles. The Morgan fingerprint density at radius 1 is 1.05 bits per heavy atom. The largest absolute Gasteiger partial charge is 0.496 e. The molecule has 3 aliphatic heterocycles. The van der Waals surface area contributed by atoms with Gasteiger partial charge in [-0.25, -0.2) is 9.97 Å². The van der Waals surface area contributed by atoms with E-state index in [1.807, 2.05) is 29.2 Å². The molecule has 8 nitrogen and oxygen atoms in total. The normalized spacial score (nSPS) is 17.2. The van der Waals surface area contributed by atoms with Crippen molar-refractivity contribution in [3.05, 3.63) is 85.1 Å². The third-order valence-electron chi connectivity index (χ3n) is 8.73. The first-order valence-electron chi connectivity index (χ1n) is 14.1. The van der Waals surface area contributed by atoms with Crippen molar-refractivity contribution >= 4 is 5.91 Å². The first kappa shape index (κ1) is 25.5. The zero-order chi connectivity index (χ0) is 28.0. The van der Waals surface area contributed by atoms with E-state index in [2.05, 4.69) is 57.4 Å². The molecule has 8 heteroatoms. The summed E-state index contributed by atoms with van der Waals surface area (Å²) in [4.78, 5) is 26.0. The third kappa shape index (κ3) is 4.48. The number of carbonyl (C=O) groups is 1. The summed E-state index contributed by atoms with van der Waals surface area (Å²) < 4.78 is 13.8. The summed E-state index contributed by atoms with van der Waals surface area (Å²) in [5.74, 6) is 2.07. The molecule has 1 spiro atoms. The number of ether oxygens (including phenoxy) is 2. The summed E-state index contributed by atoms with van der Waals surface area (Å²) in [5, 5.41) is 0. The number of aromatic nitrogens is 3. The molecule has 0 atom stereocenters. The van der Waals surface area contributed by atoms with Crippen LogP contribution in [0.15, 0.2) is 79.5 Å². The van der Waals surface area contributed by atoms with Gasteiger partial charge in [-0.2, -0.15) is 0 Å². The fraction of sp³-hybridized carbons (Fsp3) is 0.303. The number of fused-ring (bicyclic) bond motifs is 3. The lowest BCUT2D eigenvalue weighted by atomic mass is 9.72. The number of piperidine rings is 1. The molecule has 2 saturated heterocycles. The second-order valence-electron chi connectivity index (χ2n) is 11.3. The second kappa shape index (κ2) is 10.2. The van der Waals surface area contributed by atoms with Gasteiger partial charge in [0.1, 0.15) is 11.3 Å². The summed E-state index contributed by atoms with van der Waals surface area (Å²) in [5.41, 5.74) is 6.46. The summed E-state index contributed by atoms with van der Waals surface area (Å²) in [6.07, 6.45) is 5.27. The number of rotatable bonds is 6. The maximum Gasteiger partial charge on any atom is 0.245 e. The molecule has 3 aliphatic rings. The minimum Gasteiger partial charge on any atom is -0.496 e. The molecule has 1 amide bonds. The molecule has 0 bridgehead atoms. The Balaban J connectivity index is 1.13. The van der Waals surface area contributed by atoms with Crippen molar-refractivity contribution in [2.45, 2.75) is 26.1 Å². The van der Waals surface area contributed by atoms with Crippen LogP contribution in [0.2, 0.25) is 0 Å². The Morgan fingerprint density at radius 2 is 1.80 bits per heavy atom. The van der Waals surface area contributed by atoms with Gasteiger partial charge in [-0.1, -0.05) is 61.2 Å². The van der Waals surface area contributed by atoms with Crippen LogP contribution >= 0.6 is 0 Å². The van der Waals surface area contributed by atoms with E-state index in [1.54, 1.807) is 13.3 Å². The fourth-order valence-electron chi connectivity index (χ4n) is 6.58. The average Bonchev–Trinajstić information content (AvgIpc) is 3.40. The highest BCUT2D eigenvalue weighted by atomic mass is 16.5. The monoisotopic (exact) mass is 547 g/mol. The number of amides is 1. The minimum absolute atomic E-state index is 0.0534. The van der Waals surface area contributed by atoms with Gasteiger partial charge in [-0.05, 0) is 36.0 Å². The number of methoxy groups -OCH3 is 1. The molecule has 208 valence electrons. The van der Waals surface area contributed by atoms with Gasteiger partial charge in [0.05, 0.1) is 18.5 Å². The molecule has 7 rings (SSSR count). The highest BCUT2D eigenvalue weighted by molar-refractivity contribution is 5.87. The van der Waals surface area contributed by atoms with E-state index in [-0.39, 0.29) is 5.91 Å². The Bertz CT molecular complexity index is 1580. The Kier molecular flexibility index (Phi) is 6.35. The van der Waals surface area contributed by atoms with Crippen molar-refractivity contribution in [2.75, 3.05) is 33.3 Å². The summed E-state index contributed by atoms with van der Waals surface area (Å²) in [6, 6.07) is 20.9. The predicted octanol–water partition coefficient (Wildman–Crippen LogP) is 5.25. The number of likely N-dealkylation sites (tertiary alicyclic amines) is 2. The van der Waals surface area contributed by atoms with Crippen molar-refractivity contribution in [2.24, 2.45) is 5.41 Å². The lowest BCUT2D eigenvalue weighted by Gasteiger charge is -2.54. The molecular weight excluding hydrogens is 514 g/mol. The van der Waals surface area contributed by atoms with E-state index in [9.17, 15) is 4.79 Å². The standard InChI is InChI=1S/C33H33N5O3/c1-3-27(39)37-17-14-33(15-18-37)20-36(21-33)19-23-9-11-24(12-10-23)29-30(25-7-5-4-6-8-25)38-22-41-32-28(31(38)35-29)26(40-2)13-16-34-32/h3-13,16H,1,14-15,17-22H2,2H3. The average molecular weight is 548 g/mol. The first-order valence-corrected chi connectivity index (χ1v) is 14.1. The van der Waals surface area contributed by atoms with Crippen LogP contribution in [0.1, 0.15) is 18.4 Å². The van der Waals surface area contributed by atoms with Crippen LogP contribution in [-0.4, -0.2) is 63.5 Å². The molecule has 2 aromatic heterocycles. The van der Waals surface area contributed by atoms with Crippen LogP contribution in [0.5, 0.6) is 11.6 Å². The quantitative estimate of drug-likeness (QED) is 0.307. The lowest BCUT2D eigenvalue weighted by molar-refractivity contribution is -0.131. The maximum atomic E-state index is 11.9. The van der Waals surface area contributed by atoms with Gasteiger partial charge in [-0.15, -0.1) is 0 Å². The molecule has 5 heterocycles. The smallest absolute Gasteiger partial charge is 0.245 e. The number of benzene rings is 2. The number of nitrogens with zero attached hydrogens (tertiary/aromatic N) is 5. The second-order valence-corrected chi connectivity index (χ2v) is 11.3. The SMILES string of the molecule is C=CC(=O)N1CCC2(CC1)CN(Cc1ccc(-c3nc4n(c3-c3ccccc3)COc3nccc(OC)c3-4)cc1)C2. The predicted molar refractivity (Wildman–Crippen MR) is 157 cm³/mol. The number of hydrogen-bond donors (Lipinski definition) is 0. The topological polar surface area (TPSA) is 72.7 Å². The van der Waals surface area contributed by atoms with Crippen molar-refractivity contribution in [1.82, 2.24) is 24.3 Å². The van der Waals surface area contributed by atoms with E-state index in [4.69, 9.17) is 14.5 Å². The van der Waals surface area contributed by atoms with Crippen LogP contribution < -0.4 is 9.47 Å². The molecular formula is C33H33N5O3. The van der Waals surface area contributed by atoms with Gasteiger partial charge >= 0.3 is 0 Å².